The maximum absolute atomic E-state index is 13.2. The second-order valence-corrected chi connectivity index (χ2v) is 8.43. The van der Waals surface area contributed by atoms with Gasteiger partial charge < -0.3 is 18.9 Å². The first-order chi connectivity index (χ1) is 14.9. The van der Waals surface area contributed by atoms with Crippen molar-refractivity contribution >= 4 is 16.9 Å². The fraction of sp³-hybridized carbons (Fsp3) is 0.440. The molecule has 0 bridgehead atoms. The van der Waals surface area contributed by atoms with Crippen molar-refractivity contribution in [3.8, 4) is 11.5 Å². The number of imidazole rings is 1. The van der Waals surface area contributed by atoms with Gasteiger partial charge in [0.1, 0.15) is 5.82 Å². The van der Waals surface area contributed by atoms with Crippen LogP contribution in [0.2, 0.25) is 0 Å². The zero-order valence-corrected chi connectivity index (χ0v) is 19.0. The van der Waals surface area contributed by atoms with Gasteiger partial charge in [0.2, 0.25) is 5.91 Å². The number of aromatic nitrogens is 2. The van der Waals surface area contributed by atoms with Gasteiger partial charge in [-0.2, -0.15) is 0 Å². The summed E-state index contributed by atoms with van der Waals surface area (Å²) in [7, 11) is 3.29. The highest BCUT2D eigenvalue weighted by Crippen LogP contribution is 2.38. The minimum atomic E-state index is 0.000145. The van der Waals surface area contributed by atoms with Crippen LogP contribution < -0.4 is 9.47 Å². The van der Waals surface area contributed by atoms with Crippen molar-refractivity contribution in [2.45, 2.75) is 52.1 Å². The van der Waals surface area contributed by atoms with Gasteiger partial charge in [-0.25, -0.2) is 4.98 Å². The lowest BCUT2D eigenvalue weighted by Crippen LogP contribution is -2.39. The van der Waals surface area contributed by atoms with E-state index < -0.39 is 0 Å². The van der Waals surface area contributed by atoms with E-state index in [-0.39, 0.29) is 11.9 Å². The zero-order valence-electron chi connectivity index (χ0n) is 19.0. The average Bonchev–Trinajstić information content (AvgIpc) is 3.16. The van der Waals surface area contributed by atoms with Crippen LogP contribution in [-0.4, -0.2) is 41.1 Å². The van der Waals surface area contributed by atoms with E-state index in [1.54, 1.807) is 14.2 Å². The quantitative estimate of drug-likeness (QED) is 0.578. The van der Waals surface area contributed by atoms with Crippen molar-refractivity contribution in [3.63, 3.8) is 0 Å². The molecule has 0 aliphatic carbocycles. The number of rotatable bonds is 6. The Morgan fingerprint density at radius 2 is 1.87 bits per heavy atom. The van der Waals surface area contributed by atoms with Gasteiger partial charge in [0.05, 0.1) is 31.3 Å². The van der Waals surface area contributed by atoms with Gasteiger partial charge in [0.15, 0.2) is 11.5 Å². The molecule has 31 heavy (non-hydrogen) atoms. The predicted octanol–water partition coefficient (Wildman–Crippen LogP) is 4.71. The molecule has 0 N–H and O–H groups in total. The van der Waals surface area contributed by atoms with Gasteiger partial charge in [-0.1, -0.05) is 26.0 Å². The molecule has 164 valence electrons. The number of carbonyl (C=O) groups is 1. The lowest BCUT2D eigenvalue weighted by atomic mass is 9.92. The van der Waals surface area contributed by atoms with Gasteiger partial charge in [0, 0.05) is 25.4 Å². The van der Waals surface area contributed by atoms with Crippen molar-refractivity contribution < 1.29 is 14.3 Å². The van der Waals surface area contributed by atoms with Crippen LogP contribution in [0.25, 0.3) is 11.0 Å². The minimum absolute atomic E-state index is 0.000145. The first kappa shape index (κ1) is 21.2. The molecule has 0 saturated heterocycles. The van der Waals surface area contributed by atoms with E-state index in [2.05, 4.69) is 31.4 Å². The third-order valence-corrected chi connectivity index (χ3v) is 6.26. The standard InChI is InChI=1S/C25H31N3O3/c1-16(2)25-26-20-8-6-7-9-21(20)28(25)13-11-24(29)27-12-10-18-14-22(30-4)23(31-5)15-19(18)17(27)3/h6-9,14-17H,10-13H2,1-5H3. The van der Waals surface area contributed by atoms with Crippen LogP contribution in [0.1, 0.15) is 56.1 Å². The molecule has 4 rings (SSSR count). The summed E-state index contributed by atoms with van der Waals surface area (Å²) in [6, 6.07) is 12.2. The molecule has 1 atom stereocenters. The van der Waals surface area contributed by atoms with Crippen molar-refractivity contribution in [1.82, 2.24) is 14.5 Å². The summed E-state index contributed by atoms with van der Waals surface area (Å²) in [4.78, 5) is 20.0. The molecule has 0 spiro atoms. The minimum Gasteiger partial charge on any atom is -0.493 e. The van der Waals surface area contributed by atoms with Gasteiger partial charge in [-0.05, 0) is 48.7 Å². The van der Waals surface area contributed by atoms with E-state index in [4.69, 9.17) is 14.5 Å². The second kappa shape index (κ2) is 8.61. The number of hydrogen-bond acceptors (Lipinski definition) is 4. The van der Waals surface area contributed by atoms with Gasteiger partial charge >= 0.3 is 0 Å². The number of hydrogen-bond donors (Lipinski definition) is 0. The number of nitrogens with zero attached hydrogens (tertiary/aromatic N) is 3. The molecule has 6 nitrogen and oxygen atoms in total. The largest absolute Gasteiger partial charge is 0.493 e. The van der Waals surface area contributed by atoms with Crippen molar-refractivity contribution in [2.24, 2.45) is 0 Å². The number of ether oxygens (including phenoxy) is 2. The maximum atomic E-state index is 13.2. The summed E-state index contributed by atoms with van der Waals surface area (Å²) in [5, 5.41) is 0. The highest BCUT2D eigenvalue weighted by atomic mass is 16.5. The van der Waals surface area contributed by atoms with Crippen LogP contribution in [0.3, 0.4) is 0 Å². The molecule has 1 aromatic heterocycles. The van der Waals surface area contributed by atoms with Crippen molar-refractivity contribution in [3.05, 3.63) is 53.3 Å². The summed E-state index contributed by atoms with van der Waals surface area (Å²) in [5.74, 6) is 2.93. The summed E-state index contributed by atoms with van der Waals surface area (Å²) in [6.45, 7) is 7.72. The van der Waals surface area contributed by atoms with E-state index in [0.717, 1.165) is 34.6 Å². The molecule has 0 fully saturated rings. The topological polar surface area (TPSA) is 56.6 Å². The number of benzene rings is 2. The lowest BCUT2D eigenvalue weighted by Gasteiger charge is -2.36. The molecular weight excluding hydrogens is 390 g/mol. The summed E-state index contributed by atoms with van der Waals surface area (Å²) < 4.78 is 13.1. The molecule has 3 aromatic rings. The Bertz CT molecular complexity index is 1100. The predicted molar refractivity (Wildman–Crippen MR) is 122 cm³/mol. The first-order valence-corrected chi connectivity index (χ1v) is 10.9. The Morgan fingerprint density at radius 1 is 1.16 bits per heavy atom. The van der Waals surface area contributed by atoms with E-state index in [9.17, 15) is 4.79 Å². The SMILES string of the molecule is COc1cc2c(cc1OC)C(C)N(C(=O)CCn1c(C(C)C)nc3ccccc31)CC2. The molecule has 0 saturated carbocycles. The van der Waals surface area contributed by atoms with Gasteiger partial charge in [-0.3, -0.25) is 4.79 Å². The summed E-state index contributed by atoms with van der Waals surface area (Å²) in [5.41, 5.74) is 4.43. The molecule has 2 aromatic carbocycles. The van der Waals surface area contributed by atoms with Crippen LogP contribution in [0.5, 0.6) is 11.5 Å². The van der Waals surface area contributed by atoms with E-state index >= 15 is 0 Å². The van der Waals surface area contributed by atoms with Gasteiger partial charge in [0.25, 0.3) is 0 Å². The van der Waals surface area contributed by atoms with Crippen LogP contribution in [0.15, 0.2) is 36.4 Å². The monoisotopic (exact) mass is 421 g/mol. The Labute approximate surface area is 183 Å². The van der Waals surface area contributed by atoms with Gasteiger partial charge in [-0.15, -0.1) is 0 Å². The Morgan fingerprint density at radius 3 is 2.58 bits per heavy atom. The van der Waals surface area contributed by atoms with Crippen molar-refractivity contribution in [2.75, 3.05) is 20.8 Å². The normalized spacial score (nSPS) is 15.9. The fourth-order valence-corrected chi connectivity index (χ4v) is 4.61. The molecule has 0 radical (unpaired) electrons. The third kappa shape index (κ3) is 3.87. The number of fused-ring (bicyclic) bond motifs is 2. The first-order valence-electron chi connectivity index (χ1n) is 10.9. The Kier molecular flexibility index (Phi) is 5.90. The number of aryl methyl sites for hydroxylation is 1. The molecule has 6 heteroatoms. The van der Waals surface area contributed by atoms with Crippen LogP contribution >= 0.6 is 0 Å². The fourth-order valence-electron chi connectivity index (χ4n) is 4.61. The maximum Gasteiger partial charge on any atom is 0.224 e. The number of methoxy groups -OCH3 is 2. The third-order valence-electron chi connectivity index (χ3n) is 6.26. The Balaban J connectivity index is 1.54. The molecular formula is C25H31N3O3. The molecule has 1 aliphatic rings. The van der Waals surface area contributed by atoms with Crippen LogP contribution in [-0.2, 0) is 17.8 Å². The highest BCUT2D eigenvalue weighted by Gasteiger charge is 2.29. The molecule has 1 unspecified atom stereocenters. The van der Waals surface area contributed by atoms with E-state index in [1.807, 2.05) is 35.2 Å². The van der Waals surface area contributed by atoms with Crippen LogP contribution in [0.4, 0.5) is 0 Å². The van der Waals surface area contributed by atoms with E-state index in [0.29, 0.717) is 31.2 Å². The van der Waals surface area contributed by atoms with Crippen LogP contribution in [0, 0.1) is 0 Å². The lowest BCUT2D eigenvalue weighted by molar-refractivity contribution is -0.134. The number of carbonyl (C=O) groups excluding carboxylic acids is 1. The smallest absolute Gasteiger partial charge is 0.224 e. The molecule has 1 aliphatic heterocycles. The summed E-state index contributed by atoms with van der Waals surface area (Å²) in [6.07, 6.45) is 1.27. The number of para-hydroxylation sites is 2. The zero-order chi connectivity index (χ0) is 22.1. The number of amides is 1. The van der Waals surface area contributed by atoms with E-state index in [1.165, 1.54) is 5.56 Å². The highest BCUT2D eigenvalue weighted by molar-refractivity contribution is 5.79. The average molecular weight is 422 g/mol. The molecule has 1 amide bonds. The second-order valence-electron chi connectivity index (χ2n) is 8.43. The molecule has 2 heterocycles. The van der Waals surface area contributed by atoms with Crippen molar-refractivity contribution in [1.29, 1.82) is 0 Å². The summed E-state index contributed by atoms with van der Waals surface area (Å²) >= 11 is 0. The Hall–Kier alpha value is -3.02.